The number of nitrogens with one attached hydrogen (secondary N) is 2. The molecule has 0 spiro atoms. The number of urea groups is 1. The van der Waals surface area contributed by atoms with Crippen LogP contribution in [0.4, 0.5) is 23.7 Å². The summed E-state index contributed by atoms with van der Waals surface area (Å²) in [7, 11) is 0. The Bertz CT molecular complexity index is 1360. The zero-order valence-electron chi connectivity index (χ0n) is 18.8. The third-order valence-electron chi connectivity index (χ3n) is 5.07. The Kier molecular flexibility index (Phi) is 6.71. The maximum atomic E-state index is 12.3. The molecular weight excluding hydrogens is 465 g/mol. The SMILES string of the molecule is Cc1noc(C)c1CON=Cc1ccn2c(-c3cccc(NC(=O)NCC(F)(F)F)c3)cnc2c1. The fraction of sp³-hybridized carbons (Fsp3) is 0.217. The van der Waals surface area contributed by atoms with Gasteiger partial charge in [-0.15, -0.1) is 0 Å². The Balaban J connectivity index is 1.43. The summed E-state index contributed by atoms with van der Waals surface area (Å²) >= 11 is 0. The van der Waals surface area contributed by atoms with Crippen molar-refractivity contribution in [2.24, 2.45) is 5.16 Å². The van der Waals surface area contributed by atoms with Gasteiger partial charge in [-0.1, -0.05) is 22.4 Å². The number of oxime groups is 1. The normalized spacial score (nSPS) is 11.8. The van der Waals surface area contributed by atoms with Crippen molar-refractivity contribution in [2.75, 3.05) is 11.9 Å². The summed E-state index contributed by atoms with van der Waals surface area (Å²) in [5, 5.41) is 12.0. The number of halogens is 3. The summed E-state index contributed by atoms with van der Waals surface area (Å²) in [6.45, 7) is 2.46. The van der Waals surface area contributed by atoms with Gasteiger partial charge in [0.2, 0.25) is 0 Å². The lowest BCUT2D eigenvalue weighted by molar-refractivity contribution is -0.122. The fourth-order valence-electron chi connectivity index (χ4n) is 3.31. The minimum Gasteiger partial charge on any atom is -0.391 e. The number of amides is 2. The maximum Gasteiger partial charge on any atom is 0.405 e. The van der Waals surface area contributed by atoms with Crippen LogP contribution in [0.5, 0.6) is 0 Å². The van der Waals surface area contributed by atoms with E-state index in [9.17, 15) is 18.0 Å². The standard InChI is InChI=1S/C23H21F3N6O3/c1-14-19(15(2)35-31-14)12-34-29-10-16-6-7-32-20(11-27-21(32)8-16)17-4-3-5-18(9-17)30-22(33)28-13-23(24,25)26/h3-11H,12-13H2,1-2H3,(H2,28,30,33). The van der Waals surface area contributed by atoms with Gasteiger partial charge < -0.3 is 20.0 Å². The van der Waals surface area contributed by atoms with E-state index >= 15 is 0 Å². The van der Waals surface area contributed by atoms with Crippen LogP contribution in [0, 0.1) is 13.8 Å². The van der Waals surface area contributed by atoms with Gasteiger partial charge in [0.05, 0.1) is 29.4 Å². The predicted octanol–water partition coefficient (Wildman–Crippen LogP) is 4.84. The minimum absolute atomic E-state index is 0.242. The van der Waals surface area contributed by atoms with Gasteiger partial charge in [-0.05, 0) is 38.1 Å². The van der Waals surface area contributed by atoms with Crippen molar-refractivity contribution >= 4 is 23.6 Å². The number of aryl methyl sites for hydroxylation is 2. The molecular formula is C23H21F3N6O3. The van der Waals surface area contributed by atoms with Crippen molar-refractivity contribution in [3.8, 4) is 11.3 Å². The number of rotatable bonds is 7. The summed E-state index contributed by atoms with van der Waals surface area (Å²) < 4.78 is 43.8. The fourth-order valence-corrected chi connectivity index (χ4v) is 3.31. The molecule has 0 radical (unpaired) electrons. The van der Waals surface area contributed by atoms with Crippen molar-refractivity contribution < 1.29 is 27.3 Å². The van der Waals surface area contributed by atoms with Crippen LogP contribution in [-0.4, -0.2) is 39.5 Å². The second-order valence-corrected chi connectivity index (χ2v) is 7.65. The van der Waals surface area contributed by atoms with E-state index in [1.54, 1.807) is 48.9 Å². The summed E-state index contributed by atoms with van der Waals surface area (Å²) in [6, 6.07) is 9.42. The Labute approximate surface area is 197 Å². The van der Waals surface area contributed by atoms with Crippen molar-refractivity contribution in [2.45, 2.75) is 26.6 Å². The van der Waals surface area contributed by atoms with Crippen LogP contribution < -0.4 is 10.6 Å². The second kappa shape index (κ2) is 9.87. The van der Waals surface area contributed by atoms with E-state index in [-0.39, 0.29) is 6.61 Å². The molecule has 0 aliphatic rings. The molecule has 0 saturated carbocycles. The van der Waals surface area contributed by atoms with E-state index in [4.69, 9.17) is 9.36 Å². The smallest absolute Gasteiger partial charge is 0.391 e. The number of benzene rings is 1. The van der Waals surface area contributed by atoms with Crippen LogP contribution in [-0.2, 0) is 11.4 Å². The van der Waals surface area contributed by atoms with Gasteiger partial charge in [-0.2, -0.15) is 13.2 Å². The molecule has 2 N–H and O–H groups in total. The summed E-state index contributed by atoms with van der Waals surface area (Å²) in [5.41, 5.74) is 4.82. The first kappa shape index (κ1) is 23.8. The summed E-state index contributed by atoms with van der Waals surface area (Å²) in [4.78, 5) is 21.5. The van der Waals surface area contributed by atoms with E-state index in [1.165, 1.54) is 0 Å². The molecule has 4 rings (SSSR count). The number of anilines is 1. The van der Waals surface area contributed by atoms with Gasteiger partial charge in [-0.25, -0.2) is 9.78 Å². The number of imidazole rings is 1. The highest BCUT2D eigenvalue weighted by Gasteiger charge is 2.27. The first-order valence-electron chi connectivity index (χ1n) is 10.5. The van der Waals surface area contributed by atoms with E-state index in [2.05, 4.69) is 20.6 Å². The number of pyridine rings is 1. The largest absolute Gasteiger partial charge is 0.405 e. The lowest BCUT2D eigenvalue weighted by Crippen LogP contribution is -2.36. The molecule has 1 aromatic carbocycles. The summed E-state index contributed by atoms with van der Waals surface area (Å²) in [5.74, 6) is 0.685. The molecule has 2 amide bonds. The molecule has 3 aromatic heterocycles. The molecule has 0 unspecified atom stereocenters. The topological polar surface area (TPSA) is 106 Å². The van der Waals surface area contributed by atoms with Crippen molar-refractivity contribution in [3.05, 3.63) is 71.4 Å². The maximum absolute atomic E-state index is 12.3. The van der Waals surface area contributed by atoms with Gasteiger partial charge >= 0.3 is 12.2 Å². The van der Waals surface area contributed by atoms with Crippen LogP contribution in [0.25, 0.3) is 16.9 Å². The number of alkyl halides is 3. The molecule has 35 heavy (non-hydrogen) atoms. The number of hydrogen-bond donors (Lipinski definition) is 2. The van der Waals surface area contributed by atoms with Gasteiger partial charge in [0, 0.05) is 23.0 Å². The van der Waals surface area contributed by atoms with Crippen molar-refractivity contribution in [1.29, 1.82) is 0 Å². The van der Waals surface area contributed by atoms with Crippen LogP contribution >= 0.6 is 0 Å². The Morgan fingerprint density at radius 3 is 2.83 bits per heavy atom. The number of nitrogens with zero attached hydrogens (tertiary/aromatic N) is 4. The number of aromatic nitrogens is 3. The molecule has 4 aromatic rings. The molecule has 12 heteroatoms. The zero-order chi connectivity index (χ0) is 25.0. The molecule has 182 valence electrons. The van der Waals surface area contributed by atoms with Crippen LogP contribution in [0.3, 0.4) is 0 Å². The number of carbonyl (C=O) groups is 1. The minimum atomic E-state index is -4.49. The van der Waals surface area contributed by atoms with Gasteiger partial charge in [0.1, 0.15) is 24.6 Å². The molecule has 9 nitrogen and oxygen atoms in total. The van der Waals surface area contributed by atoms with Gasteiger partial charge in [0.15, 0.2) is 0 Å². The predicted molar refractivity (Wildman–Crippen MR) is 122 cm³/mol. The van der Waals surface area contributed by atoms with E-state index in [0.29, 0.717) is 17.1 Å². The molecule has 0 atom stereocenters. The van der Waals surface area contributed by atoms with E-state index in [0.717, 1.165) is 28.1 Å². The lowest BCUT2D eigenvalue weighted by atomic mass is 10.1. The Morgan fingerprint density at radius 2 is 2.09 bits per heavy atom. The van der Waals surface area contributed by atoms with Crippen LogP contribution in [0.1, 0.15) is 22.6 Å². The molecule has 0 fully saturated rings. The van der Waals surface area contributed by atoms with Crippen molar-refractivity contribution in [1.82, 2.24) is 19.9 Å². The highest BCUT2D eigenvalue weighted by molar-refractivity contribution is 5.90. The molecule has 0 bridgehead atoms. The average molecular weight is 486 g/mol. The monoisotopic (exact) mass is 486 g/mol. The molecule has 0 aliphatic heterocycles. The zero-order valence-corrected chi connectivity index (χ0v) is 18.8. The Morgan fingerprint density at radius 1 is 1.26 bits per heavy atom. The summed E-state index contributed by atoms with van der Waals surface area (Å²) in [6.07, 6.45) is 0.550. The third-order valence-corrected chi connectivity index (χ3v) is 5.07. The van der Waals surface area contributed by atoms with Gasteiger partial charge in [-0.3, -0.25) is 4.40 Å². The first-order chi connectivity index (χ1) is 16.7. The second-order valence-electron chi connectivity index (χ2n) is 7.65. The molecule has 0 aliphatic carbocycles. The quantitative estimate of drug-likeness (QED) is 0.287. The average Bonchev–Trinajstić information content (AvgIpc) is 3.38. The number of fused-ring (bicyclic) bond motifs is 1. The van der Waals surface area contributed by atoms with E-state index < -0.39 is 18.8 Å². The lowest BCUT2D eigenvalue weighted by Gasteiger charge is -2.10. The first-order valence-corrected chi connectivity index (χ1v) is 10.5. The van der Waals surface area contributed by atoms with Crippen LogP contribution in [0.15, 0.2) is 58.5 Å². The van der Waals surface area contributed by atoms with Crippen LogP contribution in [0.2, 0.25) is 0 Å². The van der Waals surface area contributed by atoms with E-state index in [1.807, 2.05) is 29.7 Å². The molecule has 3 heterocycles. The van der Waals surface area contributed by atoms with Gasteiger partial charge in [0.25, 0.3) is 0 Å². The number of carbonyl (C=O) groups excluding carboxylic acids is 1. The highest BCUT2D eigenvalue weighted by Crippen LogP contribution is 2.24. The Hall–Kier alpha value is -4.35. The third kappa shape index (κ3) is 5.96. The highest BCUT2D eigenvalue weighted by atomic mass is 19.4. The number of hydrogen-bond acceptors (Lipinski definition) is 6. The van der Waals surface area contributed by atoms with Crippen molar-refractivity contribution in [3.63, 3.8) is 0 Å². The molecule has 0 saturated heterocycles.